The van der Waals surface area contributed by atoms with E-state index in [0.29, 0.717) is 11.4 Å². The Kier molecular flexibility index (Phi) is 4.14. The lowest BCUT2D eigenvalue weighted by atomic mass is 10.2. The Morgan fingerprint density at radius 2 is 1.83 bits per heavy atom. The summed E-state index contributed by atoms with van der Waals surface area (Å²) in [4.78, 5) is 16.3. The second kappa shape index (κ2) is 6.39. The Labute approximate surface area is 132 Å². The van der Waals surface area contributed by atoms with E-state index in [4.69, 9.17) is 0 Å². The maximum absolute atomic E-state index is 13.5. The highest BCUT2D eigenvalue weighted by Crippen LogP contribution is 2.09. The summed E-state index contributed by atoms with van der Waals surface area (Å²) in [5, 5.41) is 6.85. The van der Waals surface area contributed by atoms with Crippen molar-refractivity contribution in [1.82, 2.24) is 20.1 Å². The molecule has 3 rings (SSSR count). The van der Waals surface area contributed by atoms with Crippen molar-refractivity contribution in [3.05, 3.63) is 77.6 Å². The van der Waals surface area contributed by atoms with Gasteiger partial charge in [-0.1, -0.05) is 36.4 Å². The van der Waals surface area contributed by atoms with Crippen molar-refractivity contribution in [3.63, 3.8) is 0 Å². The highest BCUT2D eigenvalue weighted by atomic mass is 19.1. The number of amides is 1. The second-order valence-electron chi connectivity index (χ2n) is 5.00. The molecule has 0 fully saturated rings. The first-order valence-corrected chi connectivity index (χ1v) is 7.16. The van der Waals surface area contributed by atoms with Gasteiger partial charge in [0, 0.05) is 12.1 Å². The lowest BCUT2D eigenvalue weighted by Gasteiger charge is -2.04. The van der Waals surface area contributed by atoms with Gasteiger partial charge in [-0.25, -0.2) is 14.1 Å². The van der Waals surface area contributed by atoms with Crippen molar-refractivity contribution in [1.29, 1.82) is 0 Å². The molecule has 23 heavy (non-hydrogen) atoms. The molecule has 0 aliphatic heterocycles. The van der Waals surface area contributed by atoms with Crippen LogP contribution in [0.15, 0.2) is 54.6 Å². The van der Waals surface area contributed by atoms with E-state index in [1.165, 1.54) is 6.07 Å². The fourth-order valence-corrected chi connectivity index (χ4v) is 2.20. The Morgan fingerprint density at radius 3 is 2.57 bits per heavy atom. The van der Waals surface area contributed by atoms with Crippen molar-refractivity contribution in [2.24, 2.45) is 0 Å². The number of carbonyl (C=O) groups is 1. The molecule has 0 aliphatic rings. The van der Waals surface area contributed by atoms with Crippen molar-refractivity contribution < 1.29 is 9.18 Å². The molecular weight excluding hydrogens is 295 g/mol. The summed E-state index contributed by atoms with van der Waals surface area (Å²) >= 11 is 0. The number of hydrogen-bond donors (Lipinski definition) is 1. The lowest BCUT2D eigenvalue weighted by molar-refractivity contribution is 0.0940. The molecule has 0 atom stereocenters. The topological polar surface area (TPSA) is 59.8 Å². The van der Waals surface area contributed by atoms with Crippen LogP contribution in [0.4, 0.5) is 4.39 Å². The molecule has 1 aromatic heterocycles. The van der Waals surface area contributed by atoms with Crippen LogP contribution >= 0.6 is 0 Å². The SMILES string of the molecule is Cc1nc(C(=O)NCc2ccccc2F)nn1-c1ccccc1. The fraction of sp³-hybridized carbons (Fsp3) is 0.118. The predicted octanol–water partition coefficient (Wildman–Crippen LogP) is 2.64. The molecule has 0 unspecified atom stereocenters. The van der Waals surface area contributed by atoms with Gasteiger partial charge in [-0.15, -0.1) is 5.10 Å². The molecule has 5 nitrogen and oxygen atoms in total. The average Bonchev–Trinajstić information content (AvgIpc) is 2.96. The Morgan fingerprint density at radius 1 is 1.13 bits per heavy atom. The van der Waals surface area contributed by atoms with E-state index in [2.05, 4.69) is 15.4 Å². The van der Waals surface area contributed by atoms with Crippen LogP contribution in [0.25, 0.3) is 5.69 Å². The quantitative estimate of drug-likeness (QED) is 0.806. The molecule has 116 valence electrons. The third-order valence-electron chi connectivity index (χ3n) is 3.37. The number of aryl methyl sites for hydroxylation is 1. The molecule has 1 amide bonds. The normalized spacial score (nSPS) is 10.5. The van der Waals surface area contributed by atoms with Gasteiger partial charge in [0.2, 0.25) is 5.82 Å². The fourth-order valence-electron chi connectivity index (χ4n) is 2.20. The first kappa shape index (κ1) is 14.9. The zero-order chi connectivity index (χ0) is 16.2. The third-order valence-corrected chi connectivity index (χ3v) is 3.37. The van der Waals surface area contributed by atoms with E-state index in [0.717, 1.165) is 5.69 Å². The monoisotopic (exact) mass is 310 g/mol. The number of nitrogens with one attached hydrogen (secondary N) is 1. The first-order valence-electron chi connectivity index (χ1n) is 7.16. The highest BCUT2D eigenvalue weighted by molar-refractivity contribution is 5.90. The van der Waals surface area contributed by atoms with E-state index in [9.17, 15) is 9.18 Å². The highest BCUT2D eigenvalue weighted by Gasteiger charge is 2.15. The van der Waals surface area contributed by atoms with Gasteiger partial charge in [0.15, 0.2) is 0 Å². The number of carbonyl (C=O) groups excluding carboxylic acids is 1. The summed E-state index contributed by atoms with van der Waals surface area (Å²) < 4.78 is 15.1. The standard InChI is InChI=1S/C17H15FN4O/c1-12-20-16(21-22(12)14-8-3-2-4-9-14)17(23)19-11-13-7-5-6-10-15(13)18/h2-10H,11H2,1H3,(H,19,23). The van der Waals surface area contributed by atoms with Gasteiger partial charge < -0.3 is 5.32 Å². The molecule has 6 heteroatoms. The predicted molar refractivity (Wildman–Crippen MR) is 83.7 cm³/mol. The van der Waals surface area contributed by atoms with Crippen LogP contribution in [0.2, 0.25) is 0 Å². The summed E-state index contributed by atoms with van der Waals surface area (Å²) in [5.41, 5.74) is 1.24. The number of nitrogens with zero attached hydrogens (tertiary/aromatic N) is 3. The molecule has 3 aromatic rings. The maximum Gasteiger partial charge on any atom is 0.291 e. The Bertz CT molecular complexity index is 830. The summed E-state index contributed by atoms with van der Waals surface area (Å²) in [7, 11) is 0. The van der Waals surface area contributed by atoms with Crippen LogP contribution in [0.1, 0.15) is 22.0 Å². The van der Waals surface area contributed by atoms with Gasteiger partial charge >= 0.3 is 0 Å². The summed E-state index contributed by atoms with van der Waals surface area (Å²) in [5.74, 6) is -0.132. The van der Waals surface area contributed by atoms with Gasteiger partial charge in [0.05, 0.1) is 5.69 Å². The summed E-state index contributed by atoms with van der Waals surface area (Å²) in [6.07, 6.45) is 0. The molecule has 0 radical (unpaired) electrons. The lowest BCUT2D eigenvalue weighted by Crippen LogP contribution is -2.24. The molecule has 0 aliphatic carbocycles. The van der Waals surface area contributed by atoms with Crippen LogP contribution in [-0.4, -0.2) is 20.7 Å². The number of rotatable bonds is 4. The van der Waals surface area contributed by atoms with Crippen LogP contribution in [0, 0.1) is 12.7 Å². The van der Waals surface area contributed by atoms with Gasteiger partial charge in [0.25, 0.3) is 5.91 Å². The van der Waals surface area contributed by atoms with E-state index < -0.39 is 5.91 Å². The van der Waals surface area contributed by atoms with E-state index in [-0.39, 0.29) is 18.2 Å². The van der Waals surface area contributed by atoms with Gasteiger partial charge in [0.1, 0.15) is 11.6 Å². The summed E-state index contributed by atoms with van der Waals surface area (Å²) in [6, 6.07) is 15.7. The molecule has 0 bridgehead atoms. The number of halogens is 1. The van der Waals surface area contributed by atoms with Crippen molar-refractivity contribution in [3.8, 4) is 5.69 Å². The minimum atomic E-state index is -0.439. The van der Waals surface area contributed by atoms with Crippen LogP contribution in [0.5, 0.6) is 0 Å². The van der Waals surface area contributed by atoms with Crippen molar-refractivity contribution in [2.45, 2.75) is 13.5 Å². The first-order chi connectivity index (χ1) is 11.1. The third kappa shape index (κ3) is 3.26. The number of para-hydroxylation sites is 1. The molecule has 1 heterocycles. The van der Waals surface area contributed by atoms with Crippen LogP contribution < -0.4 is 5.32 Å². The second-order valence-corrected chi connectivity index (χ2v) is 5.00. The molecule has 0 saturated heterocycles. The maximum atomic E-state index is 13.5. The van der Waals surface area contributed by atoms with Crippen LogP contribution in [0.3, 0.4) is 0 Å². The summed E-state index contributed by atoms with van der Waals surface area (Å²) in [6.45, 7) is 1.86. The Balaban J connectivity index is 1.75. The van der Waals surface area contributed by atoms with Gasteiger partial charge in [-0.3, -0.25) is 4.79 Å². The Hall–Kier alpha value is -3.02. The largest absolute Gasteiger partial charge is 0.345 e. The van der Waals surface area contributed by atoms with Crippen LogP contribution in [-0.2, 0) is 6.54 Å². The van der Waals surface area contributed by atoms with E-state index >= 15 is 0 Å². The molecule has 0 spiro atoms. The van der Waals surface area contributed by atoms with Crippen molar-refractivity contribution in [2.75, 3.05) is 0 Å². The zero-order valence-electron chi connectivity index (χ0n) is 12.5. The molecule has 2 aromatic carbocycles. The average molecular weight is 310 g/mol. The van der Waals surface area contributed by atoms with E-state index in [1.54, 1.807) is 29.8 Å². The smallest absolute Gasteiger partial charge is 0.291 e. The molecule has 1 N–H and O–H groups in total. The number of aromatic nitrogens is 3. The minimum absolute atomic E-state index is 0.0580. The van der Waals surface area contributed by atoms with Gasteiger partial charge in [-0.05, 0) is 25.1 Å². The molecule has 0 saturated carbocycles. The number of benzene rings is 2. The molecular formula is C17H15FN4O. The van der Waals surface area contributed by atoms with E-state index in [1.807, 2.05) is 30.3 Å². The van der Waals surface area contributed by atoms with Gasteiger partial charge in [-0.2, -0.15) is 0 Å². The zero-order valence-corrected chi connectivity index (χ0v) is 12.5. The van der Waals surface area contributed by atoms with Crippen molar-refractivity contribution >= 4 is 5.91 Å². The minimum Gasteiger partial charge on any atom is -0.345 e. The number of hydrogen-bond acceptors (Lipinski definition) is 3.